The van der Waals surface area contributed by atoms with Gasteiger partial charge >= 0.3 is 0 Å². The van der Waals surface area contributed by atoms with Crippen LogP contribution >= 0.6 is 11.8 Å². The summed E-state index contributed by atoms with van der Waals surface area (Å²) in [5, 5.41) is 0.572. The predicted octanol–water partition coefficient (Wildman–Crippen LogP) is 3.67. The molecule has 0 saturated heterocycles. The number of carbonyl (C=O) groups excluding carboxylic acids is 1. The van der Waals surface area contributed by atoms with Gasteiger partial charge in [0.25, 0.3) is 0 Å². The number of thioether (sulfide) groups is 1. The molecule has 0 N–H and O–H groups in total. The van der Waals surface area contributed by atoms with Crippen LogP contribution in [0.2, 0.25) is 0 Å². The van der Waals surface area contributed by atoms with E-state index in [2.05, 4.69) is 43.1 Å². The summed E-state index contributed by atoms with van der Waals surface area (Å²) in [6.45, 7) is 5.68. The van der Waals surface area contributed by atoms with Crippen LogP contribution in [0.3, 0.4) is 0 Å². The molecule has 0 atom stereocenters. The van der Waals surface area contributed by atoms with Crippen molar-refractivity contribution >= 4 is 17.7 Å². The van der Waals surface area contributed by atoms with Crippen LogP contribution in [0.15, 0.2) is 47.5 Å². The smallest absolute Gasteiger partial charge is 0.227 e. The molecule has 1 aromatic carbocycles. The van der Waals surface area contributed by atoms with E-state index in [1.165, 1.54) is 10.5 Å². The molecule has 0 aliphatic carbocycles. The van der Waals surface area contributed by atoms with Gasteiger partial charge in [0.15, 0.2) is 0 Å². The van der Waals surface area contributed by atoms with E-state index in [0.29, 0.717) is 24.8 Å². The third kappa shape index (κ3) is 3.50. The number of fused-ring (bicyclic) bond motifs is 1. The molecule has 1 aliphatic heterocycles. The normalized spacial score (nSPS) is 13.5. The second kappa shape index (κ2) is 6.53. The van der Waals surface area contributed by atoms with E-state index in [9.17, 15) is 4.79 Å². The first kappa shape index (κ1) is 15.1. The van der Waals surface area contributed by atoms with Crippen LogP contribution in [-0.2, 0) is 24.3 Å². The molecule has 2 heterocycles. The molecule has 0 unspecified atom stereocenters. The number of carbonyl (C=O) groups is 1. The molecule has 0 radical (unpaired) electrons. The van der Waals surface area contributed by atoms with Crippen molar-refractivity contribution in [2.45, 2.75) is 43.5 Å². The third-order valence-corrected chi connectivity index (χ3v) is 4.71. The second-order valence-electron chi connectivity index (χ2n) is 5.85. The van der Waals surface area contributed by atoms with Gasteiger partial charge in [-0.3, -0.25) is 9.78 Å². The Morgan fingerprint density at radius 2 is 2.00 bits per heavy atom. The van der Waals surface area contributed by atoms with Crippen LogP contribution in [0.5, 0.6) is 0 Å². The molecule has 1 aliphatic rings. The summed E-state index contributed by atoms with van der Waals surface area (Å²) in [7, 11) is 0. The predicted molar refractivity (Wildman–Crippen MR) is 89.6 cm³/mol. The third-order valence-electron chi connectivity index (χ3n) is 3.69. The van der Waals surface area contributed by atoms with Crippen LogP contribution in [0.1, 0.15) is 30.7 Å². The number of amides is 1. The summed E-state index contributed by atoms with van der Waals surface area (Å²) in [4.78, 5) is 19.9. The van der Waals surface area contributed by atoms with E-state index >= 15 is 0 Å². The largest absolute Gasteiger partial charge is 0.332 e. The lowest BCUT2D eigenvalue weighted by Gasteiger charge is -2.15. The molecule has 3 rings (SSSR count). The van der Waals surface area contributed by atoms with Gasteiger partial charge in [-0.1, -0.05) is 32.0 Å². The fourth-order valence-corrected chi connectivity index (χ4v) is 3.46. The lowest BCUT2D eigenvalue weighted by molar-refractivity contribution is -0.131. The molecular weight excluding hydrogens is 292 g/mol. The standard InChI is InChI=1S/C18H20N2OS/c1-13(2)22-16-7-5-14(6-8-16)10-18(21)20-11-15-4-3-9-19-17(15)12-20/h3-9,13H,10-12H2,1-2H3. The summed E-state index contributed by atoms with van der Waals surface area (Å²) >= 11 is 1.84. The zero-order chi connectivity index (χ0) is 15.5. The fraction of sp³-hybridized carbons (Fsp3) is 0.333. The van der Waals surface area contributed by atoms with Gasteiger partial charge in [-0.15, -0.1) is 11.8 Å². The molecule has 0 spiro atoms. The summed E-state index contributed by atoms with van der Waals surface area (Å²) in [5.41, 5.74) is 3.26. The molecule has 0 fully saturated rings. The molecule has 0 saturated carbocycles. The number of rotatable bonds is 4. The lowest BCUT2D eigenvalue weighted by atomic mass is 10.1. The number of nitrogens with zero attached hydrogens (tertiary/aromatic N) is 2. The van der Waals surface area contributed by atoms with Crippen LogP contribution in [0.4, 0.5) is 0 Å². The number of pyridine rings is 1. The number of hydrogen-bond acceptors (Lipinski definition) is 3. The van der Waals surface area contributed by atoms with Crippen molar-refractivity contribution in [3.8, 4) is 0 Å². The Morgan fingerprint density at radius 3 is 2.68 bits per heavy atom. The maximum Gasteiger partial charge on any atom is 0.227 e. The van der Waals surface area contributed by atoms with E-state index in [-0.39, 0.29) is 5.91 Å². The van der Waals surface area contributed by atoms with Gasteiger partial charge in [-0.25, -0.2) is 0 Å². The average molecular weight is 312 g/mol. The Kier molecular flexibility index (Phi) is 4.48. The van der Waals surface area contributed by atoms with E-state index in [1.54, 1.807) is 6.20 Å². The maximum atomic E-state index is 12.4. The van der Waals surface area contributed by atoms with Gasteiger partial charge in [0, 0.05) is 22.9 Å². The van der Waals surface area contributed by atoms with E-state index in [1.807, 2.05) is 28.8 Å². The van der Waals surface area contributed by atoms with Crippen molar-refractivity contribution in [1.82, 2.24) is 9.88 Å². The first-order valence-electron chi connectivity index (χ1n) is 7.58. The molecule has 22 heavy (non-hydrogen) atoms. The lowest BCUT2D eigenvalue weighted by Crippen LogP contribution is -2.26. The number of hydrogen-bond donors (Lipinski definition) is 0. The fourth-order valence-electron chi connectivity index (χ4n) is 2.62. The van der Waals surface area contributed by atoms with E-state index in [4.69, 9.17) is 0 Å². The highest BCUT2D eigenvalue weighted by Gasteiger charge is 2.23. The van der Waals surface area contributed by atoms with E-state index < -0.39 is 0 Å². The van der Waals surface area contributed by atoms with Crippen molar-refractivity contribution in [2.24, 2.45) is 0 Å². The Labute approximate surface area is 135 Å². The highest BCUT2D eigenvalue weighted by atomic mass is 32.2. The highest BCUT2D eigenvalue weighted by Crippen LogP contribution is 2.24. The SMILES string of the molecule is CC(C)Sc1ccc(CC(=O)N2Cc3cccnc3C2)cc1. The van der Waals surface area contributed by atoms with Gasteiger partial charge in [0.1, 0.15) is 0 Å². The Bertz CT molecular complexity index is 642. The first-order chi connectivity index (χ1) is 10.6. The molecule has 0 bridgehead atoms. The van der Waals surface area contributed by atoms with Gasteiger partial charge in [0.2, 0.25) is 5.91 Å². The van der Waals surface area contributed by atoms with Crippen molar-refractivity contribution in [3.63, 3.8) is 0 Å². The maximum absolute atomic E-state index is 12.4. The molecule has 4 heteroatoms. The minimum absolute atomic E-state index is 0.169. The minimum atomic E-state index is 0.169. The summed E-state index contributed by atoms with van der Waals surface area (Å²) < 4.78 is 0. The summed E-state index contributed by atoms with van der Waals surface area (Å²) in [5.74, 6) is 0.169. The summed E-state index contributed by atoms with van der Waals surface area (Å²) in [6, 6.07) is 12.3. The van der Waals surface area contributed by atoms with Gasteiger partial charge in [-0.05, 0) is 29.3 Å². The van der Waals surface area contributed by atoms with Crippen molar-refractivity contribution in [1.29, 1.82) is 0 Å². The Morgan fingerprint density at radius 1 is 1.23 bits per heavy atom. The summed E-state index contributed by atoms with van der Waals surface area (Å²) in [6.07, 6.45) is 2.25. The van der Waals surface area contributed by atoms with Gasteiger partial charge < -0.3 is 4.90 Å². The van der Waals surface area contributed by atoms with E-state index in [0.717, 1.165) is 11.3 Å². The second-order valence-corrected chi connectivity index (χ2v) is 7.50. The Hall–Kier alpha value is -1.81. The Balaban J connectivity index is 1.61. The minimum Gasteiger partial charge on any atom is -0.332 e. The molecule has 3 nitrogen and oxygen atoms in total. The van der Waals surface area contributed by atoms with Crippen molar-refractivity contribution in [3.05, 3.63) is 59.4 Å². The highest BCUT2D eigenvalue weighted by molar-refractivity contribution is 7.99. The van der Waals surface area contributed by atoms with Crippen LogP contribution in [-0.4, -0.2) is 21.0 Å². The molecule has 1 amide bonds. The monoisotopic (exact) mass is 312 g/mol. The number of benzene rings is 1. The van der Waals surface area contributed by atoms with Gasteiger partial charge in [0.05, 0.1) is 18.7 Å². The zero-order valence-corrected chi connectivity index (χ0v) is 13.8. The first-order valence-corrected chi connectivity index (χ1v) is 8.46. The quantitative estimate of drug-likeness (QED) is 0.808. The molecule has 2 aromatic rings. The zero-order valence-electron chi connectivity index (χ0n) is 13.0. The molecular formula is C18H20N2OS. The van der Waals surface area contributed by atoms with Crippen LogP contribution in [0, 0.1) is 0 Å². The number of aromatic nitrogens is 1. The topological polar surface area (TPSA) is 33.2 Å². The van der Waals surface area contributed by atoms with Gasteiger partial charge in [-0.2, -0.15) is 0 Å². The molecule has 1 aromatic heterocycles. The average Bonchev–Trinajstić information content (AvgIpc) is 2.93. The molecule has 114 valence electrons. The van der Waals surface area contributed by atoms with Crippen LogP contribution in [0.25, 0.3) is 0 Å². The van der Waals surface area contributed by atoms with Crippen molar-refractivity contribution < 1.29 is 4.79 Å². The van der Waals surface area contributed by atoms with Crippen molar-refractivity contribution in [2.75, 3.05) is 0 Å². The van der Waals surface area contributed by atoms with Crippen LogP contribution < -0.4 is 0 Å².